The van der Waals surface area contributed by atoms with Crippen molar-refractivity contribution in [3.05, 3.63) is 54.1 Å². The zero-order valence-corrected chi connectivity index (χ0v) is 14.2. The molecular weight excluding hydrogens is 314 g/mol. The van der Waals surface area contributed by atoms with Crippen LogP contribution in [0.4, 0.5) is 10.5 Å². The Labute approximate surface area is 147 Å². The summed E-state index contributed by atoms with van der Waals surface area (Å²) in [4.78, 5) is 15.6. The minimum absolute atomic E-state index is 0.333. The summed E-state index contributed by atoms with van der Waals surface area (Å²) >= 11 is 0. The second-order valence-electron chi connectivity index (χ2n) is 6.52. The number of anilines is 1. The molecule has 3 rings (SSSR count). The summed E-state index contributed by atoms with van der Waals surface area (Å²) in [5.74, 6) is 0.333. The molecule has 0 aromatic heterocycles. The van der Waals surface area contributed by atoms with Crippen LogP contribution in [0.3, 0.4) is 0 Å². The minimum atomic E-state index is -0.946. The van der Waals surface area contributed by atoms with Crippen molar-refractivity contribution in [2.24, 2.45) is 5.92 Å². The molecule has 1 unspecified atom stereocenters. The summed E-state index contributed by atoms with van der Waals surface area (Å²) in [7, 11) is 2.06. The molecule has 5 nitrogen and oxygen atoms in total. The molecule has 2 aromatic rings. The van der Waals surface area contributed by atoms with E-state index >= 15 is 0 Å². The number of nitrogens with zero attached hydrogens (tertiary/aromatic N) is 3. The lowest BCUT2D eigenvalue weighted by atomic mass is 10.00. The normalized spacial score (nSPS) is 17.2. The molecule has 0 aliphatic carbocycles. The van der Waals surface area contributed by atoms with Gasteiger partial charge in [-0.25, -0.2) is 4.79 Å². The molecule has 0 saturated carbocycles. The first-order valence-electron chi connectivity index (χ1n) is 8.37. The van der Waals surface area contributed by atoms with Crippen LogP contribution in [0.15, 0.2) is 48.5 Å². The zero-order chi connectivity index (χ0) is 17.8. The van der Waals surface area contributed by atoms with Gasteiger partial charge in [-0.15, -0.1) is 0 Å². The number of hydrogen-bond acceptors (Lipinski definition) is 3. The third kappa shape index (κ3) is 3.81. The minimum Gasteiger partial charge on any atom is -0.465 e. The maximum atomic E-state index is 11.9. The van der Waals surface area contributed by atoms with Gasteiger partial charge in [0.05, 0.1) is 17.3 Å². The number of amides is 1. The van der Waals surface area contributed by atoms with Crippen LogP contribution in [0.25, 0.3) is 11.1 Å². The lowest BCUT2D eigenvalue weighted by Crippen LogP contribution is -2.35. The van der Waals surface area contributed by atoms with Gasteiger partial charge in [-0.1, -0.05) is 30.3 Å². The number of carbonyl (C=O) groups is 1. The predicted octanol–water partition coefficient (Wildman–Crippen LogP) is 3.66. The number of benzene rings is 2. The molecule has 0 bridgehead atoms. The lowest BCUT2D eigenvalue weighted by Gasteiger charge is -2.25. The Kier molecular flexibility index (Phi) is 5.01. The summed E-state index contributed by atoms with van der Waals surface area (Å²) in [5, 5.41) is 18.9. The van der Waals surface area contributed by atoms with E-state index < -0.39 is 6.09 Å². The molecule has 0 spiro atoms. The van der Waals surface area contributed by atoms with E-state index in [0.29, 0.717) is 23.7 Å². The summed E-state index contributed by atoms with van der Waals surface area (Å²) in [6.45, 7) is 2.40. The smallest absolute Gasteiger partial charge is 0.411 e. The van der Waals surface area contributed by atoms with Gasteiger partial charge in [0.1, 0.15) is 0 Å². The van der Waals surface area contributed by atoms with Crippen LogP contribution in [-0.2, 0) is 0 Å². The molecule has 25 heavy (non-hydrogen) atoms. The fraction of sp³-hybridized carbons (Fsp3) is 0.300. The highest BCUT2D eigenvalue weighted by molar-refractivity contribution is 5.93. The van der Waals surface area contributed by atoms with Gasteiger partial charge in [-0.2, -0.15) is 5.26 Å². The van der Waals surface area contributed by atoms with Crippen LogP contribution >= 0.6 is 0 Å². The topological polar surface area (TPSA) is 67.6 Å². The van der Waals surface area contributed by atoms with E-state index in [4.69, 9.17) is 5.26 Å². The third-order valence-electron chi connectivity index (χ3n) is 4.66. The maximum absolute atomic E-state index is 11.9. The Bertz CT molecular complexity index is 813. The van der Waals surface area contributed by atoms with E-state index in [-0.39, 0.29) is 0 Å². The van der Waals surface area contributed by atoms with Crippen molar-refractivity contribution >= 4 is 11.8 Å². The number of para-hydroxylation sites is 1. The molecule has 1 aliphatic rings. The van der Waals surface area contributed by atoms with Gasteiger partial charge in [0, 0.05) is 18.7 Å². The average Bonchev–Trinajstić information content (AvgIpc) is 3.04. The number of rotatable bonds is 4. The molecule has 1 saturated heterocycles. The average molecular weight is 335 g/mol. The summed E-state index contributed by atoms with van der Waals surface area (Å²) in [5.41, 5.74) is 2.91. The Hall–Kier alpha value is -2.84. The SMILES string of the molecule is CN1CCC(CN(C(=O)O)c2ccccc2-c2cccc(C#N)c2)C1. The van der Waals surface area contributed by atoms with E-state index in [0.717, 1.165) is 30.6 Å². The molecule has 2 aromatic carbocycles. The third-order valence-corrected chi connectivity index (χ3v) is 4.66. The highest BCUT2D eigenvalue weighted by Gasteiger charge is 2.26. The fourth-order valence-electron chi connectivity index (χ4n) is 3.42. The van der Waals surface area contributed by atoms with Crippen molar-refractivity contribution in [2.45, 2.75) is 6.42 Å². The van der Waals surface area contributed by atoms with Crippen molar-refractivity contribution in [1.82, 2.24) is 4.90 Å². The molecular formula is C20H21N3O2. The molecule has 1 aliphatic heterocycles. The van der Waals surface area contributed by atoms with Gasteiger partial charge >= 0.3 is 6.09 Å². The van der Waals surface area contributed by atoms with E-state index in [1.54, 1.807) is 12.1 Å². The monoisotopic (exact) mass is 335 g/mol. The Morgan fingerprint density at radius 3 is 2.80 bits per heavy atom. The summed E-state index contributed by atoms with van der Waals surface area (Å²) < 4.78 is 0. The standard InChI is InChI=1S/C20H21N3O2/c1-22-10-9-16(13-22)14-23(20(24)25)19-8-3-2-7-18(19)17-6-4-5-15(11-17)12-21/h2-8,11,16H,9-10,13-14H2,1H3,(H,24,25). The largest absolute Gasteiger partial charge is 0.465 e. The van der Waals surface area contributed by atoms with E-state index in [2.05, 4.69) is 18.0 Å². The first kappa shape index (κ1) is 17.0. The molecule has 1 N–H and O–H groups in total. The first-order chi connectivity index (χ1) is 12.1. The first-order valence-corrected chi connectivity index (χ1v) is 8.37. The molecule has 1 amide bonds. The second kappa shape index (κ2) is 7.37. The second-order valence-corrected chi connectivity index (χ2v) is 6.52. The summed E-state index contributed by atoms with van der Waals surface area (Å²) in [6, 6.07) is 16.9. The van der Waals surface area contributed by atoms with Crippen LogP contribution < -0.4 is 4.90 Å². The van der Waals surface area contributed by atoms with E-state index in [1.165, 1.54) is 4.90 Å². The molecule has 0 radical (unpaired) electrons. The maximum Gasteiger partial charge on any atom is 0.411 e. The van der Waals surface area contributed by atoms with Crippen LogP contribution in [0.2, 0.25) is 0 Å². The van der Waals surface area contributed by atoms with Crippen molar-refractivity contribution in [3.8, 4) is 17.2 Å². The predicted molar refractivity (Wildman–Crippen MR) is 97.6 cm³/mol. The van der Waals surface area contributed by atoms with Gasteiger partial charge in [0.2, 0.25) is 0 Å². The molecule has 5 heteroatoms. The zero-order valence-electron chi connectivity index (χ0n) is 14.2. The van der Waals surface area contributed by atoms with Crippen molar-refractivity contribution in [2.75, 3.05) is 31.6 Å². The highest BCUT2D eigenvalue weighted by atomic mass is 16.4. The Morgan fingerprint density at radius 1 is 1.32 bits per heavy atom. The fourth-order valence-corrected chi connectivity index (χ4v) is 3.42. The van der Waals surface area contributed by atoms with E-state index in [9.17, 15) is 9.90 Å². The number of hydrogen-bond donors (Lipinski definition) is 1. The highest BCUT2D eigenvalue weighted by Crippen LogP contribution is 2.32. The molecule has 1 atom stereocenters. The van der Waals surface area contributed by atoms with E-state index in [1.807, 2.05) is 36.4 Å². The van der Waals surface area contributed by atoms with Gasteiger partial charge < -0.3 is 10.0 Å². The summed E-state index contributed by atoms with van der Waals surface area (Å²) in [6.07, 6.45) is 0.0604. The molecule has 1 heterocycles. The van der Waals surface area contributed by atoms with Crippen LogP contribution in [0.1, 0.15) is 12.0 Å². The van der Waals surface area contributed by atoms with Gasteiger partial charge in [-0.05, 0) is 49.7 Å². The van der Waals surface area contributed by atoms with Crippen molar-refractivity contribution < 1.29 is 9.90 Å². The van der Waals surface area contributed by atoms with Gasteiger partial charge in [-0.3, -0.25) is 4.90 Å². The number of carboxylic acid groups (broad SMARTS) is 1. The number of nitriles is 1. The Morgan fingerprint density at radius 2 is 2.12 bits per heavy atom. The molecule has 128 valence electrons. The Balaban J connectivity index is 1.97. The number of likely N-dealkylation sites (tertiary alicyclic amines) is 1. The quantitative estimate of drug-likeness (QED) is 0.926. The van der Waals surface area contributed by atoms with Gasteiger partial charge in [0.15, 0.2) is 0 Å². The van der Waals surface area contributed by atoms with Crippen LogP contribution in [0.5, 0.6) is 0 Å². The van der Waals surface area contributed by atoms with Crippen molar-refractivity contribution in [1.29, 1.82) is 5.26 Å². The lowest BCUT2D eigenvalue weighted by molar-refractivity contribution is 0.200. The van der Waals surface area contributed by atoms with Crippen LogP contribution in [0, 0.1) is 17.2 Å². The van der Waals surface area contributed by atoms with Gasteiger partial charge in [0.25, 0.3) is 0 Å². The molecule has 1 fully saturated rings. The van der Waals surface area contributed by atoms with Crippen LogP contribution in [-0.4, -0.2) is 42.8 Å². The van der Waals surface area contributed by atoms with Crippen molar-refractivity contribution in [3.63, 3.8) is 0 Å².